The molecule has 6 heteroatoms. The Morgan fingerprint density at radius 2 is 1.76 bits per heavy atom. The van der Waals surface area contributed by atoms with Gasteiger partial charge in [0, 0.05) is 29.7 Å². The van der Waals surface area contributed by atoms with E-state index in [0.29, 0.717) is 12.5 Å². The van der Waals surface area contributed by atoms with Crippen molar-refractivity contribution in [3.05, 3.63) is 63.0 Å². The number of aromatic nitrogens is 3. The van der Waals surface area contributed by atoms with Crippen LogP contribution in [0.15, 0.2) is 29.3 Å². The van der Waals surface area contributed by atoms with Crippen LogP contribution in [0.5, 0.6) is 0 Å². The van der Waals surface area contributed by atoms with Crippen molar-refractivity contribution in [2.75, 3.05) is 13.7 Å². The molecule has 3 aromatic rings. The quantitative estimate of drug-likeness (QED) is 0.582. The van der Waals surface area contributed by atoms with Crippen molar-refractivity contribution in [3.63, 3.8) is 0 Å². The zero-order valence-corrected chi connectivity index (χ0v) is 19.2. The van der Waals surface area contributed by atoms with Crippen LogP contribution in [-0.2, 0) is 11.3 Å². The minimum Gasteiger partial charge on any atom is -0.385 e. The number of hydrogen-bond acceptors (Lipinski definition) is 5. The minimum absolute atomic E-state index is 0.532. The summed E-state index contributed by atoms with van der Waals surface area (Å²) in [6.07, 6.45) is 0. The van der Waals surface area contributed by atoms with Crippen LogP contribution in [0.25, 0.3) is 5.00 Å². The number of fused-ring (bicyclic) bond motifs is 3. The standard InChI is InChI=1S/C20H22N4S.C3H8O/c1-11(2)15-6-8-16(9-7-15)19-18-12(3)13(4)25-20(18)24-14(5)22-23-17(24)10-21-19;1-3-4-2/h6-9,11H,10H2,1-5H3;3H2,1-2H3. The normalized spacial score (nSPS) is 12.6. The third kappa shape index (κ3) is 4.19. The Bertz CT molecular complexity index is 1010. The lowest BCUT2D eigenvalue weighted by Crippen LogP contribution is -2.07. The monoisotopic (exact) mass is 410 g/mol. The van der Waals surface area contributed by atoms with Gasteiger partial charge in [0.1, 0.15) is 17.4 Å². The van der Waals surface area contributed by atoms with E-state index in [-0.39, 0.29) is 0 Å². The van der Waals surface area contributed by atoms with Crippen LogP contribution in [0.2, 0.25) is 0 Å². The number of rotatable bonds is 3. The zero-order valence-electron chi connectivity index (χ0n) is 18.4. The van der Waals surface area contributed by atoms with E-state index in [4.69, 9.17) is 4.99 Å². The number of aryl methyl sites for hydroxylation is 2. The molecule has 2 aromatic heterocycles. The van der Waals surface area contributed by atoms with Crippen molar-refractivity contribution in [2.24, 2.45) is 4.99 Å². The van der Waals surface area contributed by atoms with Crippen LogP contribution in [0, 0.1) is 20.8 Å². The first-order valence-corrected chi connectivity index (χ1v) is 10.9. The van der Waals surface area contributed by atoms with Crippen molar-refractivity contribution >= 4 is 17.0 Å². The molecule has 0 unspecified atom stereocenters. The highest BCUT2D eigenvalue weighted by molar-refractivity contribution is 7.15. The molecule has 5 nitrogen and oxygen atoms in total. The van der Waals surface area contributed by atoms with Gasteiger partial charge in [-0.05, 0) is 44.7 Å². The van der Waals surface area contributed by atoms with E-state index in [1.165, 1.54) is 32.1 Å². The van der Waals surface area contributed by atoms with Crippen LogP contribution in [0.3, 0.4) is 0 Å². The van der Waals surface area contributed by atoms with Crippen molar-refractivity contribution in [3.8, 4) is 5.00 Å². The molecule has 0 atom stereocenters. The molecule has 0 bridgehead atoms. The summed E-state index contributed by atoms with van der Waals surface area (Å²) in [5.74, 6) is 2.36. The highest BCUT2D eigenvalue weighted by Crippen LogP contribution is 2.36. The first-order valence-electron chi connectivity index (χ1n) is 10.0. The van der Waals surface area contributed by atoms with E-state index in [2.05, 4.69) is 71.5 Å². The first-order chi connectivity index (χ1) is 13.9. The molecule has 0 radical (unpaired) electrons. The predicted molar refractivity (Wildman–Crippen MR) is 121 cm³/mol. The Balaban J connectivity index is 0.000000552. The van der Waals surface area contributed by atoms with Crippen molar-refractivity contribution < 1.29 is 4.74 Å². The third-order valence-corrected chi connectivity index (χ3v) is 6.41. The number of hydrogen-bond donors (Lipinski definition) is 0. The number of methoxy groups -OCH3 is 1. The van der Waals surface area contributed by atoms with E-state index >= 15 is 0 Å². The number of ether oxygens (including phenoxy) is 1. The van der Waals surface area contributed by atoms with Crippen LogP contribution in [0.1, 0.15) is 65.5 Å². The molecule has 0 fully saturated rings. The lowest BCUT2D eigenvalue weighted by atomic mass is 9.96. The maximum absolute atomic E-state index is 4.94. The molecule has 1 aliphatic heterocycles. The molecule has 0 amide bonds. The van der Waals surface area contributed by atoms with Crippen LogP contribution in [0.4, 0.5) is 0 Å². The first kappa shape index (κ1) is 21.4. The van der Waals surface area contributed by atoms with Crippen LogP contribution >= 0.6 is 11.3 Å². The molecule has 0 N–H and O–H groups in total. The van der Waals surface area contributed by atoms with Gasteiger partial charge in [0.2, 0.25) is 0 Å². The largest absolute Gasteiger partial charge is 0.385 e. The second-order valence-electron chi connectivity index (χ2n) is 7.48. The minimum atomic E-state index is 0.532. The van der Waals surface area contributed by atoms with Gasteiger partial charge in [-0.15, -0.1) is 21.5 Å². The van der Waals surface area contributed by atoms with Gasteiger partial charge in [-0.2, -0.15) is 0 Å². The number of aliphatic imine (C=N–C) groups is 1. The Labute approximate surface area is 177 Å². The fraction of sp³-hybridized carbons (Fsp3) is 0.435. The number of thiophene rings is 1. The zero-order chi connectivity index (χ0) is 21.1. The van der Waals surface area contributed by atoms with Gasteiger partial charge in [-0.25, -0.2) is 0 Å². The van der Waals surface area contributed by atoms with Crippen LogP contribution < -0.4 is 0 Å². The van der Waals surface area contributed by atoms with Gasteiger partial charge in [-0.1, -0.05) is 38.1 Å². The van der Waals surface area contributed by atoms with Gasteiger partial charge in [0.25, 0.3) is 0 Å². The summed E-state index contributed by atoms with van der Waals surface area (Å²) >= 11 is 1.80. The van der Waals surface area contributed by atoms with Crippen molar-refractivity contribution in [1.82, 2.24) is 14.8 Å². The van der Waals surface area contributed by atoms with Crippen LogP contribution in [-0.4, -0.2) is 34.2 Å². The van der Waals surface area contributed by atoms with Gasteiger partial charge in [0.15, 0.2) is 5.82 Å². The van der Waals surface area contributed by atoms with Crippen molar-refractivity contribution in [2.45, 2.75) is 54.0 Å². The fourth-order valence-corrected chi connectivity index (χ4v) is 4.53. The number of nitrogens with zero attached hydrogens (tertiary/aromatic N) is 4. The predicted octanol–water partition coefficient (Wildman–Crippen LogP) is 5.38. The van der Waals surface area contributed by atoms with E-state index in [0.717, 1.165) is 24.0 Å². The SMILES string of the molecule is CCOC.Cc1sc2c(c1C)C(c1ccc(C(C)C)cc1)=NCc1nnc(C)n1-2. The molecule has 4 rings (SSSR count). The average Bonchev–Trinajstić information content (AvgIpc) is 3.16. The summed E-state index contributed by atoms with van der Waals surface area (Å²) in [6, 6.07) is 8.83. The summed E-state index contributed by atoms with van der Waals surface area (Å²) in [5, 5.41) is 9.78. The summed E-state index contributed by atoms with van der Waals surface area (Å²) < 4.78 is 6.71. The van der Waals surface area contributed by atoms with Gasteiger partial charge in [0.05, 0.1) is 5.71 Å². The van der Waals surface area contributed by atoms with E-state index in [1.807, 2.05) is 13.8 Å². The Hall–Kier alpha value is -2.31. The highest BCUT2D eigenvalue weighted by atomic mass is 32.1. The van der Waals surface area contributed by atoms with Gasteiger partial charge >= 0.3 is 0 Å². The molecule has 154 valence electrons. The molecule has 0 saturated carbocycles. The topological polar surface area (TPSA) is 52.3 Å². The molecular formula is C23H30N4OS. The van der Waals surface area contributed by atoms with Gasteiger partial charge < -0.3 is 4.74 Å². The maximum Gasteiger partial charge on any atom is 0.160 e. The molecule has 0 aliphatic carbocycles. The summed E-state index contributed by atoms with van der Waals surface area (Å²) in [6.45, 7) is 14.1. The van der Waals surface area contributed by atoms with Gasteiger partial charge in [-0.3, -0.25) is 9.56 Å². The second-order valence-corrected chi connectivity index (χ2v) is 8.68. The molecule has 0 spiro atoms. The molecule has 1 aliphatic rings. The number of benzene rings is 1. The third-order valence-electron chi connectivity index (χ3n) is 5.22. The lowest BCUT2D eigenvalue weighted by Gasteiger charge is -2.11. The molecule has 1 aromatic carbocycles. The Morgan fingerprint density at radius 3 is 2.34 bits per heavy atom. The summed E-state index contributed by atoms with van der Waals surface area (Å²) in [7, 11) is 1.68. The molecule has 3 heterocycles. The van der Waals surface area contributed by atoms with Crippen molar-refractivity contribution in [1.29, 1.82) is 0 Å². The van der Waals surface area contributed by atoms with E-state index < -0.39 is 0 Å². The summed E-state index contributed by atoms with van der Waals surface area (Å²) in [5.41, 5.74) is 6.11. The maximum atomic E-state index is 4.94. The Morgan fingerprint density at radius 1 is 1.10 bits per heavy atom. The highest BCUT2D eigenvalue weighted by Gasteiger charge is 2.26. The smallest absolute Gasteiger partial charge is 0.160 e. The molecule has 0 saturated heterocycles. The molecular weight excluding hydrogens is 380 g/mol. The lowest BCUT2D eigenvalue weighted by molar-refractivity contribution is 0.215. The molecule has 29 heavy (non-hydrogen) atoms. The average molecular weight is 411 g/mol. The van der Waals surface area contributed by atoms with E-state index in [9.17, 15) is 0 Å². The summed E-state index contributed by atoms with van der Waals surface area (Å²) in [4.78, 5) is 6.26. The van der Waals surface area contributed by atoms with E-state index in [1.54, 1.807) is 18.4 Å². The Kier molecular flexibility index (Phi) is 6.65. The second kappa shape index (κ2) is 9.01. The fourth-order valence-electron chi connectivity index (χ4n) is 3.31.